The lowest BCUT2D eigenvalue weighted by Crippen LogP contribution is -2.27. The van der Waals surface area contributed by atoms with E-state index in [4.69, 9.17) is 4.98 Å². The molecule has 2 aromatic heterocycles. The fraction of sp³-hybridized carbons (Fsp3) is 0.188. The standard InChI is InChI=1S/C16H14N4OS/c1-10-6-14(15-8-22-9-18-15)19-13-7-11(2-3-12(10)13)20-5-4-17-16(20)21/h2-3,6-9H,4-5H2,1H3,(H,17,21). The number of hydrogen-bond donors (Lipinski definition) is 1. The highest BCUT2D eigenvalue weighted by Crippen LogP contribution is 2.28. The summed E-state index contributed by atoms with van der Waals surface area (Å²) in [6.45, 7) is 3.44. The number of amides is 2. The largest absolute Gasteiger partial charge is 0.336 e. The number of carbonyl (C=O) groups excluding carboxylic acids is 1. The molecule has 2 amide bonds. The summed E-state index contributed by atoms with van der Waals surface area (Å²) in [6.07, 6.45) is 0. The van der Waals surface area contributed by atoms with Crippen molar-refractivity contribution in [3.05, 3.63) is 40.7 Å². The maximum atomic E-state index is 11.8. The Bertz CT molecular complexity index is 860. The first kappa shape index (κ1) is 13.2. The minimum absolute atomic E-state index is 0.0493. The molecule has 22 heavy (non-hydrogen) atoms. The number of aryl methyl sites for hydroxylation is 1. The molecule has 1 saturated heterocycles. The van der Waals surface area contributed by atoms with E-state index in [1.807, 2.05) is 29.1 Å². The first-order chi connectivity index (χ1) is 10.7. The molecule has 0 spiro atoms. The number of carbonyl (C=O) groups is 1. The molecule has 0 unspecified atom stereocenters. The maximum Gasteiger partial charge on any atom is 0.321 e. The number of urea groups is 1. The Labute approximate surface area is 131 Å². The topological polar surface area (TPSA) is 58.1 Å². The fourth-order valence-corrected chi connectivity index (χ4v) is 3.29. The van der Waals surface area contributed by atoms with Crippen LogP contribution in [0.5, 0.6) is 0 Å². The van der Waals surface area contributed by atoms with Gasteiger partial charge in [-0.2, -0.15) is 0 Å². The Kier molecular flexibility index (Phi) is 3.04. The van der Waals surface area contributed by atoms with E-state index < -0.39 is 0 Å². The molecule has 5 nitrogen and oxygen atoms in total. The summed E-state index contributed by atoms with van der Waals surface area (Å²) in [5.74, 6) is 0. The van der Waals surface area contributed by atoms with Gasteiger partial charge < -0.3 is 5.32 Å². The molecule has 3 aromatic rings. The molecule has 0 radical (unpaired) electrons. The zero-order chi connectivity index (χ0) is 15.1. The Morgan fingerprint density at radius 3 is 2.91 bits per heavy atom. The zero-order valence-electron chi connectivity index (χ0n) is 12.0. The molecule has 6 heteroatoms. The van der Waals surface area contributed by atoms with Crippen LogP contribution in [0.3, 0.4) is 0 Å². The van der Waals surface area contributed by atoms with Crippen molar-refractivity contribution in [1.82, 2.24) is 15.3 Å². The van der Waals surface area contributed by atoms with Crippen molar-refractivity contribution in [2.75, 3.05) is 18.0 Å². The van der Waals surface area contributed by atoms with Gasteiger partial charge in [0.15, 0.2) is 0 Å². The van der Waals surface area contributed by atoms with Gasteiger partial charge in [-0.25, -0.2) is 14.8 Å². The van der Waals surface area contributed by atoms with Gasteiger partial charge in [-0.15, -0.1) is 11.3 Å². The highest BCUT2D eigenvalue weighted by Gasteiger charge is 2.21. The highest BCUT2D eigenvalue weighted by atomic mass is 32.1. The maximum absolute atomic E-state index is 11.8. The fourth-order valence-electron chi connectivity index (χ4n) is 2.75. The molecule has 3 heterocycles. The zero-order valence-corrected chi connectivity index (χ0v) is 12.9. The summed E-state index contributed by atoms with van der Waals surface area (Å²) < 4.78 is 0. The van der Waals surface area contributed by atoms with E-state index in [9.17, 15) is 4.79 Å². The number of rotatable bonds is 2. The average molecular weight is 310 g/mol. The number of nitrogens with zero attached hydrogens (tertiary/aromatic N) is 3. The highest BCUT2D eigenvalue weighted by molar-refractivity contribution is 7.07. The van der Waals surface area contributed by atoms with Crippen LogP contribution in [0.25, 0.3) is 22.3 Å². The number of anilines is 1. The van der Waals surface area contributed by atoms with Crippen molar-refractivity contribution in [2.45, 2.75) is 6.92 Å². The molecule has 0 saturated carbocycles. The molecule has 0 aliphatic carbocycles. The van der Waals surface area contributed by atoms with Gasteiger partial charge in [0.25, 0.3) is 0 Å². The molecule has 0 atom stereocenters. The van der Waals surface area contributed by atoms with Crippen molar-refractivity contribution >= 4 is 34.0 Å². The average Bonchev–Trinajstić information content (AvgIpc) is 3.17. The van der Waals surface area contributed by atoms with Gasteiger partial charge in [-0.3, -0.25) is 4.90 Å². The molecule has 1 N–H and O–H groups in total. The predicted molar refractivity (Wildman–Crippen MR) is 88.3 cm³/mol. The van der Waals surface area contributed by atoms with E-state index in [0.29, 0.717) is 13.1 Å². The summed E-state index contributed by atoms with van der Waals surface area (Å²) >= 11 is 1.56. The van der Waals surface area contributed by atoms with E-state index in [0.717, 1.165) is 33.5 Å². The van der Waals surface area contributed by atoms with Crippen LogP contribution < -0.4 is 10.2 Å². The summed E-state index contributed by atoms with van der Waals surface area (Å²) in [5.41, 5.74) is 6.49. The number of fused-ring (bicyclic) bond motifs is 1. The van der Waals surface area contributed by atoms with E-state index in [1.165, 1.54) is 0 Å². The summed E-state index contributed by atoms with van der Waals surface area (Å²) in [6, 6.07) is 7.99. The van der Waals surface area contributed by atoms with Crippen LogP contribution in [0.15, 0.2) is 35.2 Å². The first-order valence-corrected chi connectivity index (χ1v) is 8.02. The SMILES string of the molecule is Cc1cc(-c2cscn2)nc2cc(N3CCNC3=O)ccc12. The number of nitrogens with one attached hydrogen (secondary N) is 1. The van der Waals surface area contributed by atoms with Crippen molar-refractivity contribution < 1.29 is 4.79 Å². The quantitative estimate of drug-likeness (QED) is 0.791. The predicted octanol–water partition coefficient (Wildman–Crippen LogP) is 3.20. The lowest BCUT2D eigenvalue weighted by molar-refractivity contribution is 0.252. The number of aromatic nitrogens is 2. The van der Waals surface area contributed by atoms with Gasteiger partial charge in [-0.05, 0) is 30.7 Å². The minimum Gasteiger partial charge on any atom is -0.336 e. The second-order valence-electron chi connectivity index (χ2n) is 5.28. The Balaban J connectivity index is 1.85. The van der Waals surface area contributed by atoms with Crippen LogP contribution in [0, 0.1) is 6.92 Å². The van der Waals surface area contributed by atoms with E-state index in [-0.39, 0.29) is 6.03 Å². The summed E-state index contributed by atoms with van der Waals surface area (Å²) in [4.78, 5) is 22.6. The van der Waals surface area contributed by atoms with E-state index in [1.54, 1.807) is 16.2 Å². The minimum atomic E-state index is -0.0493. The van der Waals surface area contributed by atoms with Crippen LogP contribution in [-0.2, 0) is 0 Å². The molecule has 1 aliphatic rings. The van der Waals surface area contributed by atoms with Crippen LogP contribution >= 0.6 is 11.3 Å². The van der Waals surface area contributed by atoms with Crippen molar-refractivity contribution in [3.63, 3.8) is 0 Å². The van der Waals surface area contributed by atoms with Gasteiger partial charge >= 0.3 is 6.03 Å². The molecule has 1 fully saturated rings. The van der Waals surface area contributed by atoms with Crippen molar-refractivity contribution in [2.24, 2.45) is 0 Å². The number of hydrogen-bond acceptors (Lipinski definition) is 4. The van der Waals surface area contributed by atoms with Crippen LogP contribution in [0.4, 0.5) is 10.5 Å². The van der Waals surface area contributed by atoms with E-state index >= 15 is 0 Å². The smallest absolute Gasteiger partial charge is 0.321 e. The number of thiazole rings is 1. The van der Waals surface area contributed by atoms with Gasteiger partial charge in [0.1, 0.15) is 0 Å². The van der Waals surface area contributed by atoms with E-state index in [2.05, 4.69) is 23.3 Å². The molecular weight excluding hydrogens is 296 g/mol. The van der Waals surface area contributed by atoms with Crippen LogP contribution in [0.1, 0.15) is 5.56 Å². The second-order valence-corrected chi connectivity index (χ2v) is 6.00. The van der Waals surface area contributed by atoms with Crippen LogP contribution in [0.2, 0.25) is 0 Å². The lowest BCUT2D eigenvalue weighted by atomic mass is 10.1. The third-order valence-corrected chi connectivity index (χ3v) is 4.45. The molecule has 1 aliphatic heterocycles. The molecule has 1 aromatic carbocycles. The molecule has 0 bridgehead atoms. The molecule has 110 valence electrons. The lowest BCUT2D eigenvalue weighted by Gasteiger charge is -2.15. The number of pyridine rings is 1. The van der Waals surface area contributed by atoms with Crippen molar-refractivity contribution in [1.29, 1.82) is 0 Å². The Morgan fingerprint density at radius 2 is 2.18 bits per heavy atom. The van der Waals surface area contributed by atoms with Crippen molar-refractivity contribution in [3.8, 4) is 11.4 Å². The third kappa shape index (κ3) is 2.12. The second kappa shape index (κ2) is 5.06. The van der Waals surface area contributed by atoms with Gasteiger partial charge in [0.05, 0.1) is 22.4 Å². The van der Waals surface area contributed by atoms with Gasteiger partial charge in [0.2, 0.25) is 0 Å². The summed E-state index contributed by atoms with van der Waals surface area (Å²) in [5, 5.41) is 5.91. The summed E-state index contributed by atoms with van der Waals surface area (Å²) in [7, 11) is 0. The molecule has 4 rings (SSSR count). The molecular formula is C16H14N4OS. The first-order valence-electron chi connectivity index (χ1n) is 7.08. The normalized spacial score (nSPS) is 14.6. The van der Waals surface area contributed by atoms with Crippen LogP contribution in [-0.4, -0.2) is 29.1 Å². The third-order valence-electron chi connectivity index (χ3n) is 3.86. The Morgan fingerprint density at radius 1 is 1.27 bits per heavy atom. The Hall–Kier alpha value is -2.47. The monoisotopic (exact) mass is 310 g/mol. The van der Waals surface area contributed by atoms with Gasteiger partial charge in [0, 0.05) is 29.5 Å². The number of benzene rings is 1. The van der Waals surface area contributed by atoms with Gasteiger partial charge in [-0.1, -0.05) is 6.07 Å².